The molecule has 0 atom stereocenters. The van der Waals surface area contributed by atoms with Gasteiger partial charge in [0, 0.05) is 19.5 Å². The molecule has 0 bridgehead atoms. The predicted octanol–water partition coefficient (Wildman–Crippen LogP) is 1.65. The summed E-state index contributed by atoms with van der Waals surface area (Å²) in [5.74, 6) is 4.79. The van der Waals surface area contributed by atoms with Crippen molar-refractivity contribution in [3.8, 4) is 12.3 Å². The number of aliphatic imine (C=N–C) groups is 1. The molecule has 0 spiro atoms. The third kappa shape index (κ3) is 6.00. The van der Waals surface area contributed by atoms with Crippen LogP contribution in [0.5, 0.6) is 0 Å². The fourth-order valence-electron chi connectivity index (χ4n) is 1.34. The third-order valence-corrected chi connectivity index (χ3v) is 2.22. The number of hydrogen-bond donors (Lipinski definition) is 2. The average molecular weight is 247 g/mol. The van der Waals surface area contributed by atoms with Gasteiger partial charge in [0.05, 0.1) is 12.8 Å². The third-order valence-electron chi connectivity index (χ3n) is 2.22. The van der Waals surface area contributed by atoms with Crippen molar-refractivity contribution in [2.45, 2.75) is 20.3 Å². The lowest BCUT2D eigenvalue weighted by Gasteiger charge is -2.11. The van der Waals surface area contributed by atoms with Crippen molar-refractivity contribution >= 4 is 5.96 Å². The largest absolute Gasteiger partial charge is 0.469 e. The van der Waals surface area contributed by atoms with Crippen molar-refractivity contribution in [3.05, 3.63) is 24.2 Å². The highest BCUT2D eigenvalue weighted by Gasteiger charge is 2.00. The molecule has 0 saturated heterocycles. The van der Waals surface area contributed by atoms with Crippen LogP contribution < -0.4 is 10.6 Å². The topological polar surface area (TPSA) is 49.6 Å². The Bertz CT molecular complexity index is 388. The van der Waals surface area contributed by atoms with Crippen molar-refractivity contribution in [2.24, 2.45) is 10.9 Å². The second-order valence-corrected chi connectivity index (χ2v) is 4.40. The summed E-state index contributed by atoms with van der Waals surface area (Å²) in [6, 6.07) is 3.85. The molecule has 1 rings (SSSR count). The van der Waals surface area contributed by atoms with Crippen LogP contribution in [0.2, 0.25) is 0 Å². The second-order valence-electron chi connectivity index (χ2n) is 4.40. The van der Waals surface area contributed by atoms with Crippen LogP contribution in [0.1, 0.15) is 19.6 Å². The van der Waals surface area contributed by atoms with E-state index in [9.17, 15) is 0 Å². The van der Waals surface area contributed by atoms with Crippen LogP contribution in [0.3, 0.4) is 0 Å². The van der Waals surface area contributed by atoms with E-state index in [0.717, 1.165) is 31.2 Å². The van der Waals surface area contributed by atoms with Gasteiger partial charge in [0.25, 0.3) is 0 Å². The van der Waals surface area contributed by atoms with E-state index in [1.54, 1.807) is 6.26 Å². The molecular formula is C14H21N3O. The molecule has 4 nitrogen and oxygen atoms in total. The van der Waals surface area contributed by atoms with Gasteiger partial charge in [-0.2, -0.15) is 0 Å². The molecule has 0 aliphatic carbocycles. The average Bonchev–Trinajstić information content (AvgIpc) is 2.84. The normalized spacial score (nSPS) is 11.3. The summed E-state index contributed by atoms with van der Waals surface area (Å²) in [5.41, 5.74) is 0. The van der Waals surface area contributed by atoms with Crippen molar-refractivity contribution in [1.29, 1.82) is 0 Å². The molecule has 1 aromatic rings. The number of hydrogen-bond acceptors (Lipinski definition) is 2. The summed E-state index contributed by atoms with van der Waals surface area (Å²) in [5, 5.41) is 6.31. The van der Waals surface area contributed by atoms with Gasteiger partial charge in [0.2, 0.25) is 0 Å². The van der Waals surface area contributed by atoms with E-state index >= 15 is 0 Å². The van der Waals surface area contributed by atoms with Crippen LogP contribution in [0.4, 0.5) is 0 Å². The molecule has 4 heteroatoms. The molecule has 1 aromatic heterocycles. The Morgan fingerprint density at radius 2 is 2.33 bits per heavy atom. The highest BCUT2D eigenvalue weighted by atomic mass is 16.3. The zero-order valence-electron chi connectivity index (χ0n) is 11.1. The zero-order chi connectivity index (χ0) is 13.2. The number of terminal acetylenes is 1. The van der Waals surface area contributed by atoms with E-state index in [1.165, 1.54) is 0 Å². The van der Waals surface area contributed by atoms with Gasteiger partial charge in [-0.25, -0.2) is 0 Å². The molecule has 2 N–H and O–H groups in total. The monoisotopic (exact) mass is 247 g/mol. The summed E-state index contributed by atoms with van der Waals surface area (Å²) in [6.07, 6.45) is 7.73. The molecule has 0 saturated carbocycles. The first-order valence-corrected chi connectivity index (χ1v) is 6.20. The van der Waals surface area contributed by atoms with Gasteiger partial charge in [-0.05, 0) is 18.1 Å². The fourth-order valence-corrected chi connectivity index (χ4v) is 1.34. The highest BCUT2D eigenvalue weighted by molar-refractivity contribution is 5.80. The molecule has 0 unspecified atom stereocenters. The van der Waals surface area contributed by atoms with Crippen LogP contribution in [-0.4, -0.2) is 25.6 Å². The molecular weight excluding hydrogens is 226 g/mol. The number of nitrogens with one attached hydrogen (secondary N) is 2. The van der Waals surface area contributed by atoms with Gasteiger partial charge in [0.15, 0.2) is 5.96 Å². The summed E-state index contributed by atoms with van der Waals surface area (Å²) in [6.45, 7) is 6.28. The molecule has 0 aromatic carbocycles. The molecule has 0 aliphatic rings. The Morgan fingerprint density at radius 1 is 1.50 bits per heavy atom. The van der Waals surface area contributed by atoms with Crippen molar-refractivity contribution in [2.75, 3.05) is 19.6 Å². The Hall–Kier alpha value is -1.89. The van der Waals surface area contributed by atoms with E-state index in [1.807, 2.05) is 12.1 Å². The number of furan rings is 1. The van der Waals surface area contributed by atoms with Gasteiger partial charge in [-0.15, -0.1) is 6.42 Å². The summed E-state index contributed by atoms with van der Waals surface area (Å²) >= 11 is 0. The van der Waals surface area contributed by atoms with Crippen LogP contribution in [0.25, 0.3) is 0 Å². The van der Waals surface area contributed by atoms with Gasteiger partial charge in [0.1, 0.15) is 5.76 Å². The van der Waals surface area contributed by atoms with Crippen molar-refractivity contribution < 1.29 is 4.42 Å². The van der Waals surface area contributed by atoms with Crippen molar-refractivity contribution in [1.82, 2.24) is 10.6 Å². The highest BCUT2D eigenvalue weighted by Crippen LogP contribution is 1.99. The SMILES string of the molecule is C#CCNC(=NCC(C)C)NCCc1ccco1. The maximum atomic E-state index is 5.26. The van der Waals surface area contributed by atoms with Gasteiger partial charge in [-0.3, -0.25) is 4.99 Å². The number of nitrogens with zero attached hydrogens (tertiary/aromatic N) is 1. The summed E-state index contributed by atoms with van der Waals surface area (Å²) in [7, 11) is 0. The maximum absolute atomic E-state index is 5.26. The summed E-state index contributed by atoms with van der Waals surface area (Å²) < 4.78 is 5.26. The van der Waals surface area contributed by atoms with Crippen LogP contribution >= 0.6 is 0 Å². The van der Waals surface area contributed by atoms with Crippen molar-refractivity contribution in [3.63, 3.8) is 0 Å². The first kappa shape index (κ1) is 14.2. The van der Waals surface area contributed by atoms with E-state index in [2.05, 4.69) is 35.4 Å². The molecule has 98 valence electrons. The summed E-state index contributed by atoms with van der Waals surface area (Å²) in [4.78, 5) is 4.45. The Balaban J connectivity index is 2.35. The van der Waals surface area contributed by atoms with Gasteiger partial charge >= 0.3 is 0 Å². The van der Waals surface area contributed by atoms with Crippen LogP contribution in [0.15, 0.2) is 27.8 Å². The smallest absolute Gasteiger partial charge is 0.192 e. The van der Waals surface area contributed by atoms with E-state index in [-0.39, 0.29) is 0 Å². The Kier molecular flexibility index (Phi) is 6.49. The first-order chi connectivity index (χ1) is 8.72. The Morgan fingerprint density at radius 3 is 2.94 bits per heavy atom. The van der Waals surface area contributed by atoms with E-state index in [4.69, 9.17) is 10.8 Å². The minimum atomic E-state index is 0.477. The molecule has 18 heavy (non-hydrogen) atoms. The lowest BCUT2D eigenvalue weighted by atomic mass is 10.2. The maximum Gasteiger partial charge on any atom is 0.192 e. The van der Waals surface area contributed by atoms with Crippen LogP contribution in [0, 0.1) is 18.3 Å². The number of rotatable bonds is 6. The minimum Gasteiger partial charge on any atom is -0.469 e. The second kappa shape index (κ2) is 8.24. The van der Waals surface area contributed by atoms with E-state index < -0.39 is 0 Å². The van der Waals surface area contributed by atoms with Crippen LogP contribution in [-0.2, 0) is 6.42 Å². The first-order valence-electron chi connectivity index (χ1n) is 6.20. The van der Waals surface area contributed by atoms with E-state index in [0.29, 0.717) is 12.5 Å². The zero-order valence-corrected chi connectivity index (χ0v) is 11.1. The molecule has 0 aliphatic heterocycles. The lowest BCUT2D eigenvalue weighted by Crippen LogP contribution is -2.38. The van der Waals surface area contributed by atoms with Gasteiger partial charge < -0.3 is 15.1 Å². The molecule has 0 amide bonds. The minimum absolute atomic E-state index is 0.477. The molecule has 0 radical (unpaired) electrons. The molecule has 1 heterocycles. The predicted molar refractivity (Wildman–Crippen MR) is 74.4 cm³/mol. The van der Waals surface area contributed by atoms with Gasteiger partial charge in [-0.1, -0.05) is 19.8 Å². The Labute approximate surface area is 109 Å². The quantitative estimate of drug-likeness (QED) is 0.456. The lowest BCUT2D eigenvalue weighted by molar-refractivity contribution is 0.506. The molecule has 0 fully saturated rings. The standard InChI is InChI=1S/C14H21N3O/c1-4-8-15-14(17-11-12(2)3)16-9-7-13-6-5-10-18-13/h1,5-6,10,12H,7-9,11H2,2-3H3,(H2,15,16,17). The number of guanidine groups is 1. The fraction of sp³-hybridized carbons (Fsp3) is 0.500.